The number of nitrogens with zero attached hydrogens (tertiary/aromatic N) is 5. The van der Waals surface area contributed by atoms with Gasteiger partial charge >= 0.3 is 6.09 Å². The minimum atomic E-state index is -1.34. The molecule has 2 aliphatic heterocycles. The molecule has 2 aromatic rings. The first-order chi connectivity index (χ1) is 18.8. The molecule has 220 valence electrons. The predicted molar refractivity (Wildman–Crippen MR) is 152 cm³/mol. The zero-order chi connectivity index (χ0) is 28.9. The molecule has 1 amide bonds. The number of carbonyl (C=O) groups is 1. The van der Waals surface area contributed by atoms with Crippen LogP contribution in [-0.2, 0) is 26.4 Å². The van der Waals surface area contributed by atoms with Crippen LogP contribution in [0.15, 0.2) is 10.9 Å². The Morgan fingerprint density at radius 2 is 1.98 bits per heavy atom. The molecule has 0 N–H and O–H groups in total. The van der Waals surface area contributed by atoms with Crippen molar-refractivity contribution in [3.63, 3.8) is 0 Å². The van der Waals surface area contributed by atoms with Crippen LogP contribution in [0.3, 0.4) is 0 Å². The summed E-state index contributed by atoms with van der Waals surface area (Å²) in [7, 11) is -1.33. The van der Waals surface area contributed by atoms with Crippen LogP contribution < -0.4 is 5.56 Å². The Bertz CT molecular complexity index is 1360. The third kappa shape index (κ3) is 5.75. The highest BCUT2D eigenvalue weighted by atomic mass is 28.3. The van der Waals surface area contributed by atoms with E-state index in [4.69, 9.17) is 19.2 Å². The lowest BCUT2D eigenvalue weighted by Crippen LogP contribution is -2.47. The maximum Gasteiger partial charge on any atom is 0.410 e. The van der Waals surface area contributed by atoms with Gasteiger partial charge in [0.25, 0.3) is 5.56 Å². The van der Waals surface area contributed by atoms with Crippen molar-refractivity contribution in [1.82, 2.24) is 24.1 Å². The standard InChI is InChI=1S/C28H42FN5O5Si/c1-27(2,3)39-26(36)32-11-9-28(10-12-32)17-20(29)22-21(28)24(35)34-25(33(22)18-38-15-16-40(4,5)6)30-23(31-34)19-7-13-37-14-8-19/h7,20H,8-18H2,1-6H3. The second-order valence-corrected chi connectivity index (χ2v) is 19.1. The molecule has 1 spiro atoms. The summed E-state index contributed by atoms with van der Waals surface area (Å²) in [5, 5.41) is 4.62. The Labute approximate surface area is 235 Å². The number of likely N-dealkylation sites (tertiary alicyclic amines) is 1. The van der Waals surface area contributed by atoms with Crippen LogP contribution >= 0.6 is 0 Å². The molecule has 1 atom stereocenters. The number of amides is 1. The number of hydrogen-bond donors (Lipinski definition) is 0. The Morgan fingerprint density at radius 1 is 1.25 bits per heavy atom. The van der Waals surface area contributed by atoms with Gasteiger partial charge in [-0.15, -0.1) is 5.10 Å². The van der Waals surface area contributed by atoms with Crippen molar-refractivity contribution in [3.05, 3.63) is 33.5 Å². The largest absolute Gasteiger partial charge is 0.444 e. The van der Waals surface area contributed by atoms with Crippen molar-refractivity contribution in [3.8, 4) is 0 Å². The molecule has 5 rings (SSSR count). The zero-order valence-electron chi connectivity index (χ0n) is 24.6. The van der Waals surface area contributed by atoms with E-state index in [0.29, 0.717) is 75.0 Å². The molecule has 1 saturated heterocycles. The summed E-state index contributed by atoms with van der Waals surface area (Å²) < 4.78 is 36.2. The quantitative estimate of drug-likeness (QED) is 0.364. The van der Waals surface area contributed by atoms with Gasteiger partial charge in [0.1, 0.15) is 18.5 Å². The summed E-state index contributed by atoms with van der Waals surface area (Å²) in [6, 6.07) is 0.972. The van der Waals surface area contributed by atoms with Crippen molar-refractivity contribution in [2.75, 3.05) is 32.9 Å². The molecular weight excluding hydrogens is 533 g/mol. The summed E-state index contributed by atoms with van der Waals surface area (Å²) >= 11 is 0. The van der Waals surface area contributed by atoms with Gasteiger partial charge < -0.3 is 19.1 Å². The highest BCUT2D eigenvalue weighted by molar-refractivity contribution is 6.76. The molecular formula is C28H42FN5O5Si. The first-order valence-electron chi connectivity index (χ1n) is 14.3. The molecule has 2 aromatic heterocycles. The molecule has 12 heteroatoms. The molecule has 0 radical (unpaired) electrons. The van der Waals surface area contributed by atoms with Crippen molar-refractivity contribution < 1.29 is 23.4 Å². The fourth-order valence-electron chi connectivity index (χ4n) is 5.86. The van der Waals surface area contributed by atoms with E-state index in [1.807, 2.05) is 26.8 Å². The second-order valence-electron chi connectivity index (χ2n) is 13.5. The average molecular weight is 576 g/mol. The average Bonchev–Trinajstić information content (AvgIpc) is 3.43. The third-order valence-corrected chi connectivity index (χ3v) is 9.73. The van der Waals surface area contributed by atoms with Gasteiger partial charge in [0.05, 0.1) is 18.9 Å². The zero-order valence-corrected chi connectivity index (χ0v) is 25.6. The lowest BCUT2D eigenvalue weighted by molar-refractivity contribution is 0.0156. The number of rotatable bonds is 6. The second kappa shape index (κ2) is 10.7. The summed E-state index contributed by atoms with van der Waals surface area (Å²) in [5.74, 6) is 0.758. The first-order valence-corrected chi connectivity index (χ1v) is 18.0. The van der Waals surface area contributed by atoms with Gasteiger partial charge in [-0.2, -0.15) is 9.50 Å². The van der Waals surface area contributed by atoms with Crippen LogP contribution in [0.25, 0.3) is 11.4 Å². The van der Waals surface area contributed by atoms with Gasteiger partial charge in [0, 0.05) is 38.7 Å². The highest BCUT2D eigenvalue weighted by Gasteiger charge is 2.51. The lowest BCUT2D eigenvalue weighted by atomic mass is 9.74. The van der Waals surface area contributed by atoms with E-state index in [1.54, 1.807) is 9.47 Å². The topological polar surface area (TPSA) is 100 Å². The molecule has 0 saturated carbocycles. The van der Waals surface area contributed by atoms with E-state index >= 15 is 4.39 Å². The van der Waals surface area contributed by atoms with Crippen LogP contribution in [0.1, 0.15) is 69.7 Å². The van der Waals surface area contributed by atoms with Crippen molar-refractivity contribution in [2.24, 2.45) is 0 Å². The maximum atomic E-state index is 16.1. The molecule has 0 bridgehead atoms. The van der Waals surface area contributed by atoms with E-state index < -0.39 is 25.3 Å². The Morgan fingerprint density at radius 3 is 2.60 bits per heavy atom. The number of aromatic nitrogens is 4. The molecule has 0 aromatic carbocycles. The van der Waals surface area contributed by atoms with E-state index in [1.165, 1.54) is 4.52 Å². The van der Waals surface area contributed by atoms with E-state index in [9.17, 15) is 9.59 Å². The number of piperidine rings is 1. The molecule has 4 heterocycles. The van der Waals surface area contributed by atoms with Crippen LogP contribution in [0.4, 0.5) is 9.18 Å². The summed E-state index contributed by atoms with van der Waals surface area (Å²) in [4.78, 5) is 33.1. The number of ether oxygens (including phenoxy) is 3. The van der Waals surface area contributed by atoms with Gasteiger partial charge in [-0.25, -0.2) is 9.18 Å². The summed E-state index contributed by atoms with van der Waals surface area (Å²) in [6.45, 7) is 14.8. The van der Waals surface area contributed by atoms with E-state index in [0.717, 1.165) is 11.6 Å². The normalized spacial score (nSPS) is 21.1. The van der Waals surface area contributed by atoms with E-state index in [2.05, 4.69) is 24.7 Å². The van der Waals surface area contributed by atoms with Gasteiger partial charge in [-0.3, -0.25) is 9.36 Å². The molecule has 40 heavy (non-hydrogen) atoms. The van der Waals surface area contributed by atoms with Gasteiger partial charge in [-0.05, 0) is 58.1 Å². The fourth-order valence-corrected chi connectivity index (χ4v) is 6.62. The molecule has 1 unspecified atom stereocenters. The van der Waals surface area contributed by atoms with Crippen molar-refractivity contribution in [1.29, 1.82) is 0 Å². The SMILES string of the molecule is CC(C)(C)OC(=O)N1CCC2(CC1)CC(F)c1c2c(=O)n2nc(C3=CCOCC3)nc2n1COCC[Si](C)(C)C. The number of carbonyl (C=O) groups excluding carboxylic acids is 1. The number of alkyl halides is 1. The third-order valence-electron chi connectivity index (χ3n) is 8.02. The molecule has 1 aliphatic carbocycles. The Balaban J connectivity index is 1.53. The lowest BCUT2D eigenvalue weighted by Gasteiger charge is -2.39. The van der Waals surface area contributed by atoms with Crippen molar-refractivity contribution >= 4 is 25.5 Å². The van der Waals surface area contributed by atoms with Crippen LogP contribution in [0, 0.1) is 0 Å². The maximum absolute atomic E-state index is 16.1. The fraction of sp³-hybridized carbons (Fsp3) is 0.714. The van der Waals surface area contributed by atoms with Gasteiger partial charge in [-0.1, -0.05) is 25.7 Å². The van der Waals surface area contributed by atoms with Crippen LogP contribution in [-0.4, -0.2) is 76.7 Å². The first kappa shape index (κ1) is 28.9. The van der Waals surface area contributed by atoms with Crippen molar-refractivity contribution in [2.45, 2.75) is 96.1 Å². The molecule has 10 nitrogen and oxygen atoms in total. The monoisotopic (exact) mass is 575 g/mol. The Kier molecular flexibility index (Phi) is 7.73. The summed E-state index contributed by atoms with van der Waals surface area (Å²) in [6.07, 6.45) is 1.99. The number of halogens is 1. The van der Waals surface area contributed by atoms with Gasteiger partial charge in [0.2, 0.25) is 5.78 Å². The highest BCUT2D eigenvalue weighted by Crippen LogP contribution is 2.51. The summed E-state index contributed by atoms with van der Waals surface area (Å²) in [5.41, 5.74) is 0.0791. The predicted octanol–water partition coefficient (Wildman–Crippen LogP) is 4.69. The minimum Gasteiger partial charge on any atom is -0.444 e. The van der Waals surface area contributed by atoms with Crippen LogP contribution in [0.5, 0.6) is 0 Å². The van der Waals surface area contributed by atoms with E-state index in [-0.39, 0.29) is 24.8 Å². The number of hydrogen-bond acceptors (Lipinski definition) is 7. The van der Waals surface area contributed by atoms with Gasteiger partial charge in [0.15, 0.2) is 5.82 Å². The van der Waals surface area contributed by atoms with Crippen LogP contribution in [0.2, 0.25) is 25.7 Å². The number of fused-ring (bicyclic) bond motifs is 3. The minimum absolute atomic E-state index is 0.0947. The smallest absolute Gasteiger partial charge is 0.410 e. The Hall–Kier alpha value is -2.57. The molecule has 1 fully saturated rings. The molecule has 3 aliphatic rings.